The fourth-order valence-electron chi connectivity index (χ4n) is 1.78. The molecule has 4 heteroatoms. The number of aliphatic hydroxyl groups excluding tert-OH is 2. The zero-order valence-corrected chi connectivity index (χ0v) is 11.2. The van der Waals surface area contributed by atoms with Crippen LogP contribution in [0.5, 0.6) is 0 Å². The van der Waals surface area contributed by atoms with E-state index in [1.807, 2.05) is 36.2 Å². The molecule has 4 N–H and O–H groups in total. The Kier molecular flexibility index (Phi) is 6.29. The predicted molar refractivity (Wildman–Crippen MR) is 73.1 cm³/mol. The molecule has 0 radical (unpaired) electrons. The molecule has 102 valence electrons. The van der Waals surface area contributed by atoms with Gasteiger partial charge in [0, 0.05) is 19.6 Å². The van der Waals surface area contributed by atoms with Gasteiger partial charge in [-0.15, -0.1) is 0 Å². The van der Waals surface area contributed by atoms with Crippen LogP contribution in [0, 0.1) is 0 Å². The molecule has 18 heavy (non-hydrogen) atoms. The van der Waals surface area contributed by atoms with Crippen molar-refractivity contribution < 1.29 is 10.2 Å². The molecule has 0 fully saturated rings. The van der Waals surface area contributed by atoms with Gasteiger partial charge in [0.15, 0.2) is 0 Å². The van der Waals surface area contributed by atoms with Gasteiger partial charge < -0.3 is 20.8 Å². The third-order valence-electron chi connectivity index (χ3n) is 3.01. The zero-order valence-electron chi connectivity index (χ0n) is 11.2. The highest BCUT2D eigenvalue weighted by atomic mass is 16.3. The van der Waals surface area contributed by atoms with Gasteiger partial charge in [0.2, 0.25) is 0 Å². The lowest BCUT2D eigenvalue weighted by Gasteiger charge is -2.21. The molecule has 2 unspecified atom stereocenters. The van der Waals surface area contributed by atoms with Crippen LogP contribution in [-0.4, -0.2) is 41.4 Å². The van der Waals surface area contributed by atoms with Gasteiger partial charge in [0.05, 0.1) is 12.2 Å². The lowest BCUT2D eigenvalue weighted by molar-refractivity contribution is 0.111. The Morgan fingerprint density at radius 1 is 1.22 bits per heavy atom. The molecule has 0 saturated carbocycles. The lowest BCUT2D eigenvalue weighted by Crippen LogP contribution is -2.27. The average Bonchev–Trinajstić information content (AvgIpc) is 2.36. The van der Waals surface area contributed by atoms with Crippen LogP contribution in [0.3, 0.4) is 0 Å². The Hall–Kier alpha value is -0.940. The first-order chi connectivity index (χ1) is 8.52. The number of rotatable bonds is 7. The Bertz CT molecular complexity index is 338. The van der Waals surface area contributed by atoms with E-state index >= 15 is 0 Å². The number of hydrogen-bond donors (Lipinski definition) is 3. The van der Waals surface area contributed by atoms with Gasteiger partial charge >= 0.3 is 0 Å². The Morgan fingerprint density at radius 2 is 1.83 bits per heavy atom. The smallest absolute Gasteiger partial charge is 0.0916 e. The fraction of sp³-hybridized carbons (Fsp3) is 0.571. The van der Waals surface area contributed by atoms with E-state index in [-0.39, 0.29) is 6.10 Å². The zero-order chi connectivity index (χ0) is 13.5. The summed E-state index contributed by atoms with van der Waals surface area (Å²) in [7, 11) is 1.94. The first kappa shape index (κ1) is 15.1. The maximum Gasteiger partial charge on any atom is 0.0916 e. The van der Waals surface area contributed by atoms with Crippen molar-refractivity contribution in [3.8, 4) is 0 Å². The molecule has 0 saturated heterocycles. The van der Waals surface area contributed by atoms with Gasteiger partial charge in [-0.3, -0.25) is 0 Å². The number of hydrogen-bond acceptors (Lipinski definition) is 4. The molecule has 0 heterocycles. The van der Waals surface area contributed by atoms with Crippen molar-refractivity contribution in [2.24, 2.45) is 5.73 Å². The lowest BCUT2D eigenvalue weighted by atomic mass is 10.1. The van der Waals surface area contributed by atoms with Crippen LogP contribution in [0.4, 0.5) is 0 Å². The maximum absolute atomic E-state index is 10.1. The second kappa shape index (κ2) is 7.48. The van der Waals surface area contributed by atoms with E-state index in [9.17, 15) is 10.2 Å². The molecule has 0 aliphatic rings. The molecule has 0 aliphatic carbocycles. The summed E-state index contributed by atoms with van der Waals surface area (Å²) in [4.78, 5) is 2.02. The quantitative estimate of drug-likeness (QED) is 0.674. The van der Waals surface area contributed by atoms with Gasteiger partial charge in [-0.25, -0.2) is 0 Å². The minimum absolute atomic E-state index is 0.298. The molecule has 0 amide bonds. The van der Waals surface area contributed by atoms with Crippen LogP contribution in [0.25, 0.3) is 0 Å². The molecule has 4 nitrogen and oxygen atoms in total. The molecule has 0 spiro atoms. The van der Waals surface area contributed by atoms with Crippen molar-refractivity contribution in [3.63, 3.8) is 0 Å². The molecule has 0 aromatic heterocycles. The normalized spacial score (nSPS) is 14.8. The Labute approximate surface area is 109 Å². The first-order valence-corrected chi connectivity index (χ1v) is 6.36. The summed E-state index contributed by atoms with van der Waals surface area (Å²) >= 11 is 0. The van der Waals surface area contributed by atoms with Crippen molar-refractivity contribution in [3.05, 3.63) is 35.4 Å². The number of nitrogens with zero attached hydrogens (tertiary/aromatic N) is 1. The molecule has 0 aliphatic heterocycles. The molecule has 0 bridgehead atoms. The van der Waals surface area contributed by atoms with E-state index in [4.69, 9.17) is 5.73 Å². The molecule has 1 aromatic carbocycles. The highest BCUT2D eigenvalue weighted by Crippen LogP contribution is 2.15. The molecule has 1 rings (SSSR count). The molecule has 1 aromatic rings. The minimum atomic E-state index is -0.504. The second-order valence-corrected chi connectivity index (χ2v) is 4.86. The van der Waals surface area contributed by atoms with Crippen LogP contribution in [-0.2, 0) is 6.54 Å². The number of aliphatic hydroxyl groups is 2. The summed E-state index contributed by atoms with van der Waals surface area (Å²) in [5.41, 5.74) is 7.49. The van der Waals surface area contributed by atoms with Crippen LogP contribution in [0.2, 0.25) is 0 Å². The maximum atomic E-state index is 10.1. The highest BCUT2D eigenvalue weighted by Gasteiger charge is 2.11. The highest BCUT2D eigenvalue weighted by molar-refractivity contribution is 5.24. The Balaban J connectivity index is 2.45. The summed E-state index contributed by atoms with van der Waals surface area (Å²) in [6.45, 7) is 3.63. The van der Waals surface area contributed by atoms with Crippen LogP contribution >= 0.6 is 0 Å². The van der Waals surface area contributed by atoms with Crippen molar-refractivity contribution >= 4 is 0 Å². The topological polar surface area (TPSA) is 69.7 Å². The fourth-order valence-corrected chi connectivity index (χ4v) is 1.78. The Morgan fingerprint density at radius 3 is 2.33 bits per heavy atom. The van der Waals surface area contributed by atoms with E-state index in [0.717, 1.165) is 24.1 Å². The third-order valence-corrected chi connectivity index (χ3v) is 3.01. The molecular formula is C14H24N2O2. The summed E-state index contributed by atoms with van der Waals surface area (Å²) in [5.74, 6) is 0. The van der Waals surface area contributed by atoms with E-state index in [1.54, 1.807) is 6.92 Å². The van der Waals surface area contributed by atoms with Crippen LogP contribution in [0.15, 0.2) is 24.3 Å². The van der Waals surface area contributed by atoms with Crippen LogP contribution in [0.1, 0.15) is 30.6 Å². The molecular weight excluding hydrogens is 228 g/mol. The van der Waals surface area contributed by atoms with E-state index in [2.05, 4.69) is 0 Å². The van der Waals surface area contributed by atoms with E-state index in [0.29, 0.717) is 13.1 Å². The number of benzene rings is 1. The van der Waals surface area contributed by atoms with Crippen LogP contribution < -0.4 is 5.73 Å². The van der Waals surface area contributed by atoms with Crippen molar-refractivity contribution in [1.82, 2.24) is 4.90 Å². The van der Waals surface area contributed by atoms with Gasteiger partial charge in [-0.1, -0.05) is 24.3 Å². The number of nitrogens with two attached hydrogens (primary N) is 1. The van der Waals surface area contributed by atoms with E-state index < -0.39 is 6.10 Å². The standard InChI is InChI=1S/C14H24N2O2/c1-11(17)7-8-16(2)10-14(18)13-5-3-12(9-15)4-6-13/h3-6,11,14,17-18H,7-10,15H2,1-2H3. The molecule has 2 atom stereocenters. The monoisotopic (exact) mass is 252 g/mol. The SMILES string of the molecule is CC(O)CCN(C)CC(O)c1ccc(CN)cc1. The second-order valence-electron chi connectivity index (χ2n) is 4.86. The van der Waals surface area contributed by atoms with Crippen molar-refractivity contribution in [1.29, 1.82) is 0 Å². The van der Waals surface area contributed by atoms with E-state index in [1.165, 1.54) is 0 Å². The summed E-state index contributed by atoms with van der Waals surface area (Å²) in [6, 6.07) is 7.70. The summed E-state index contributed by atoms with van der Waals surface area (Å²) < 4.78 is 0. The first-order valence-electron chi connectivity index (χ1n) is 6.36. The third kappa shape index (κ3) is 5.14. The minimum Gasteiger partial charge on any atom is -0.393 e. The summed E-state index contributed by atoms with van der Waals surface area (Å²) in [5, 5.41) is 19.3. The van der Waals surface area contributed by atoms with Gasteiger partial charge in [0.1, 0.15) is 0 Å². The largest absolute Gasteiger partial charge is 0.393 e. The van der Waals surface area contributed by atoms with Gasteiger partial charge in [-0.05, 0) is 31.5 Å². The number of likely N-dealkylation sites (N-methyl/N-ethyl adjacent to an activating group) is 1. The van der Waals surface area contributed by atoms with Gasteiger partial charge in [-0.2, -0.15) is 0 Å². The summed E-state index contributed by atoms with van der Waals surface area (Å²) in [6.07, 6.45) is -0.0840. The van der Waals surface area contributed by atoms with Crippen molar-refractivity contribution in [2.75, 3.05) is 20.1 Å². The average molecular weight is 252 g/mol. The van der Waals surface area contributed by atoms with Crippen molar-refractivity contribution in [2.45, 2.75) is 32.1 Å². The predicted octanol–water partition coefficient (Wildman–Crippen LogP) is 0.881. The van der Waals surface area contributed by atoms with Gasteiger partial charge in [0.25, 0.3) is 0 Å².